The highest BCUT2D eigenvalue weighted by molar-refractivity contribution is 7.91. The predicted molar refractivity (Wildman–Crippen MR) is 41.9 cm³/mol. The van der Waals surface area contributed by atoms with Crippen LogP contribution in [0.15, 0.2) is 0 Å². The molecule has 0 radical (unpaired) electrons. The topological polar surface area (TPSA) is 72.2 Å². The van der Waals surface area contributed by atoms with Gasteiger partial charge < -0.3 is 11.1 Å². The maximum absolute atomic E-state index is 11.1. The second-order valence-electron chi connectivity index (χ2n) is 3.62. The molecule has 0 amide bonds. The highest BCUT2D eigenvalue weighted by atomic mass is 32.2. The van der Waals surface area contributed by atoms with Crippen molar-refractivity contribution in [2.45, 2.75) is 5.54 Å². The SMILES string of the molecule is N[C@]12CNC[C@H]1CS(=O)(=O)C2. The summed E-state index contributed by atoms with van der Waals surface area (Å²) in [6, 6.07) is 0. The number of hydrogen-bond acceptors (Lipinski definition) is 4. The fraction of sp³-hybridized carbons (Fsp3) is 1.00. The van der Waals surface area contributed by atoms with Crippen LogP contribution in [0, 0.1) is 5.92 Å². The van der Waals surface area contributed by atoms with Gasteiger partial charge in [0.2, 0.25) is 0 Å². The van der Waals surface area contributed by atoms with Crippen LogP contribution in [-0.2, 0) is 9.84 Å². The molecule has 3 N–H and O–H groups in total. The van der Waals surface area contributed by atoms with E-state index in [1.807, 2.05) is 0 Å². The van der Waals surface area contributed by atoms with E-state index >= 15 is 0 Å². The van der Waals surface area contributed by atoms with Crippen LogP contribution in [0.1, 0.15) is 0 Å². The van der Waals surface area contributed by atoms with E-state index in [1.165, 1.54) is 0 Å². The van der Waals surface area contributed by atoms with Crippen LogP contribution in [0.3, 0.4) is 0 Å². The number of nitrogens with two attached hydrogens (primary N) is 1. The van der Waals surface area contributed by atoms with Crippen molar-refractivity contribution >= 4 is 9.84 Å². The molecular weight excluding hydrogens is 164 g/mol. The molecule has 2 heterocycles. The molecule has 0 saturated carbocycles. The first kappa shape index (κ1) is 7.52. The zero-order valence-electron chi connectivity index (χ0n) is 6.21. The Balaban J connectivity index is 2.33. The zero-order chi connectivity index (χ0) is 8.11. The van der Waals surface area contributed by atoms with Crippen LogP contribution in [-0.4, -0.2) is 38.6 Å². The lowest BCUT2D eigenvalue weighted by atomic mass is 9.92. The first-order valence-electron chi connectivity index (χ1n) is 3.72. The van der Waals surface area contributed by atoms with Gasteiger partial charge in [0, 0.05) is 24.5 Å². The Labute approximate surface area is 66.1 Å². The molecule has 4 nitrogen and oxygen atoms in total. The molecular formula is C6H12N2O2S. The minimum absolute atomic E-state index is 0.146. The van der Waals surface area contributed by atoms with Gasteiger partial charge in [-0.05, 0) is 0 Å². The molecule has 0 aromatic carbocycles. The molecule has 2 aliphatic heterocycles. The summed E-state index contributed by atoms with van der Waals surface area (Å²) in [7, 11) is -2.83. The van der Waals surface area contributed by atoms with Crippen molar-refractivity contribution in [2.75, 3.05) is 24.6 Å². The second-order valence-corrected chi connectivity index (χ2v) is 5.72. The lowest BCUT2D eigenvalue weighted by molar-refractivity contribution is 0.436. The molecule has 0 aromatic heterocycles. The van der Waals surface area contributed by atoms with Gasteiger partial charge in [-0.1, -0.05) is 0 Å². The van der Waals surface area contributed by atoms with E-state index in [0.29, 0.717) is 6.54 Å². The quantitative estimate of drug-likeness (QED) is 0.463. The molecule has 0 aromatic rings. The standard InChI is InChI=1S/C6H12N2O2S/c7-6-3-8-1-5(6)2-11(9,10)4-6/h5,8H,1-4,7H2/t5-,6-/m0/s1. The van der Waals surface area contributed by atoms with E-state index in [-0.39, 0.29) is 17.4 Å². The van der Waals surface area contributed by atoms with Gasteiger partial charge in [0.1, 0.15) is 0 Å². The van der Waals surface area contributed by atoms with Crippen molar-refractivity contribution in [3.63, 3.8) is 0 Å². The van der Waals surface area contributed by atoms with Gasteiger partial charge >= 0.3 is 0 Å². The normalized spacial score (nSPS) is 47.5. The third-order valence-electron chi connectivity index (χ3n) is 2.60. The van der Waals surface area contributed by atoms with Gasteiger partial charge in [-0.25, -0.2) is 8.42 Å². The number of fused-ring (bicyclic) bond motifs is 1. The fourth-order valence-electron chi connectivity index (χ4n) is 2.00. The Morgan fingerprint density at radius 2 is 2.27 bits per heavy atom. The average molecular weight is 176 g/mol. The lowest BCUT2D eigenvalue weighted by Gasteiger charge is -2.19. The molecule has 0 spiro atoms. The molecule has 2 saturated heterocycles. The summed E-state index contributed by atoms with van der Waals surface area (Å²) in [5.41, 5.74) is 5.44. The van der Waals surface area contributed by atoms with Gasteiger partial charge in [-0.3, -0.25) is 0 Å². The first-order valence-corrected chi connectivity index (χ1v) is 5.54. The summed E-state index contributed by atoms with van der Waals surface area (Å²) in [5.74, 6) is 0.584. The van der Waals surface area contributed by atoms with E-state index in [9.17, 15) is 8.42 Å². The Kier molecular flexibility index (Phi) is 1.34. The third-order valence-corrected chi connectivity index (χ3v) is 4.49. The van der Waals surface area contributed by atoms with Crippen LogP contribution in [0.25, 0.3) is 0 Å². The molecule has 2 aliphatic rings. The second kappa shape index (κ2) is 1.97. The third kappa shape index (κ3) is 1.07. The van der Waals surface area contributed by atoms with Crippen LogP contribution in [0.2, 0.25) is 0 Å². The molecule has 2 rings (SSSR count). The minimum Gasteiger partial charge on any atom is -0.323 e. The molecule has 2 atom stereocenters. The minimum atomic E-state index is -2.83. The maximum atomic E-state index is 11.1. The number of sulfone groups is 1. The smallest absolute Gasteiger partial charge is 0.152 e. The largest absolute Gasteiger partial charge is 0.323 e. The summed E-state index contributed by atoms with van der Waals surface area (Å²) in [4.78, 5) is 0. The summed E-state index contributed by atoms with van der Waals surface area (Å²) in [5, 5.41) is 3.11. The van der Waals surface area contributed by atoms with Crippen LogP contribution in [0.5, 0.6) is 0 Å². The van der Waals surface area contributed by atoms with E-state index in [2.05, 4.69) is 5.32 Å². The summed E-state index contributed by atoms with van der Waals surface area (Å²) < 4.78 is 22.3. The molecule has 0 unspecified atom stereocenters. The molecule has 2 fully saturated rings. The summed E-state index contributed by atoms with van der Waals surface area (Å²) in [6.07, 6.45) is 0. The van der Waals surface area contributed by atoms with Crippen molar-refractivity contribution in [2.24, 2.45) is 11.7 Å². The highest BCUT2D eigenvalue weighted by Gasteiger charge is 2.50. The Bertz CT molecular complexity index is 274. The van der Waals surface area contributed by atoms with Crippen LogP contribution in [0.4, 0.5) is 0 Å². The molecule has 64 valence electrons. The number of nitrogens with one attached hydrogen (secondary N) is 1. The molecule has 11 heavy (non-hydrogen) atoms. The van der Waals surface area contributed by atoms with Gasteiger partial charge in [-0.2, -0.15) is 0 Å². The van der Waals surface area contributed by atoms with Gasteiger partial charge in [0.05, 0.1) is 11.5 Å². The maximum Gasteiger partial charge on any atom is 0.152 e. The van der Waals surface area contributed by atoms with E-state index in [0.717, 1.165) is 6.54 Å². The van der Waals surface area contributed by atoms with Crippen molar-refractivity contribution in [1.29, 1.82) is 0 Å². The Hall–Kier alpha value is -0.130. The Morgan fingerprint density at radius 3 is 2.91 bits per heavy atom. The summed E-state index contributed by atoms with van der Waals surface area (Å²) in [6.45, 7) is 1.41. The highest BCUT2D eigenvalue weighted by Crippen LogP contribution is 2.29. The zero-order valence-corrected chi connectivity index (χ0v) is 7.02. The van der Waals surface area contributed by atoms with E-state index in [1.54, 1.807) is 0 Å². The van der Waals surface area contributed by atoms with E-state index < -0.39 is 15.4 Å². The lowest BCUT2D eigenvalue weighted by Crippen LogP contribution is -2.47. The van der Waals surface area contributed by atoms with Gasteiger partial charge in [0.25, 0.3) is 0 Å². The van der Waals surface area contributed by atoms with Crippen molar-refractivity contribution in [3.05, 3.63) is 0 Å². The molecule has 5 heteroatoms. The average Bonchev–Trinajstić information content (AvgIpc) is 2.16. The monoisotopic (exact) mass is 176 g/mol. The fourth-order valence-corrected chi connectivity index (χ4v) is 4.33. The van der Waals surface area contributed by atoms with Gasteiger partial charge in [0.15, 0.2) is 9.84 Å². The number of hydrogen-bond donors (Lipinski definition) is 2. The van der Waals surface area contributed by atoms with Crippen LogP contribution >= 0.6 is 0 Å². The summed E-state index contributed by atoms with van der Waals surface area (Å²) >= 11 is 0. The van der Waals surface area contributed by atoms with Gasteiger partial charge in [-0.15, -0.1) is 0 Å². The Morgan fingerprint density at radius 1 is 1.55 bits per heavy atom. The number of rotatable bonds is 0. The molecule has 0 aliphatic carbocycles. The van der Waals surface area contributed by atoms with Crippen LogP contribution < -0.4 is 11.1 Å². The first-order chi connectivity index (χ1) is 5.02. The van der Waals surface area contributed by atoms with E-state index in [4.69, 9.17) is 5.73 Å². The van der Waals surface area contributed by atoms with Crippen molar-refractivity contribution < 1.29 is 8.42 Å². The van der Waals surface area contributed by atoms with Crippen molar-refractivity contribution in [1.82, 2.24) is 5.32 Å². The predicted octanol–water partition coefficient (Wildman–Crippen LogP) is -1.67. The molecule has 0 bridgehead atoms. The van der Waals surface area contributed by atoms with Crippen molar-refractivity contribution in [3.8, 4) is 0 Å².